The lowest BCUT2D eigenvalue weighted by molar-refractivity contribution is -0.249. The predicted octanol–water partition coefficient (Wildman–Crippen LogP) is 4.05. The minimum absolute atomic E-state index is 0.0241. The molecule has 4 N–H and O–H groups in total. The second-order valence-corrected chi connectivity index (χ2v) is 11.4. The number of amides is 3. The van der Waals surface area contributed by atoms with Gasteiger partial charge in [-0.3, -0.25) is 14.4 Å². The van der Waals surface area contributed by atoms with Gasteiger partial charge in [0.1, 0.15) is 23.8 Å². The van der Waals surface area contributed by atoms with E-state index in [1.165, 1.54) is 5.32 Å². The summed E-state index contributed by atoms with van der Waals surface area (Å²) < 4.78 is 151. The Morgan fingerprint density at radius 2 is 1.53 bits per heavy atom. The quantitative estimate of drug-likeness (QED) is 0.279. The average Bonchev–Trinajstić information content (AvgIpc) is 3.54. The molecule has 23 heteroatoms. The van der Waals surface area contributed by atoms with Crippen molar-refractivity contribution in [2.24, 2.45) is 0 Å². The van der Waals surface area contributed by atoms with Crippen LogP contribution in [0.5, 0.6) is 0 Å². The summed E-state index contributed by atoms with van der Waals surface area (Å²) in [7, 11) is 0. The van der Waals surface area contributed by atoms with E-state index in [0.29, 0.717) is 29.0 Å². The second kappa shape index (κ2) is 12.2. The molecule has 0 spiro atoms. The van der Waals surface area contributed by atoms with Crippen molar-refractivity contribution in [3.63, 3.8) is 0 Å². The van der Waals surface area contributed by atoms with Gasteiger partial charge in [-0.25, -0.2) is 18.3 Å². The number of rotatable bonds is 6. The van der Waals surface area contributed by atoms with Crippen LogP contribution in [0.1, 0.15) is 29.8 Å². The molecule has 268 valence electrons. The van der Waals surface area contributed by atoms with Crippen LogP contribution in [0.4, 0.5) is 54.1 Å². The van der Waals surface area contributed by atoms with Crippen molar-refractivity contribution in [3.05, 3.63) is 46.5 Å². The summed E-state index contributed by atoms with van der Waals surface area (Å²) >= 11 is 5.89. The molecule has 2 unspecified atom stereocenters. The Labute approximate surface area is 270 Å². The van der Waals surface area contributed by atoms with Gasteiger partial charge in [0.05, 0.1) is 34.4 Å². The zero-order chi connectivity index (χ0) is 37.2. The minimum atomic E-state index is -5.57. The SMILES string of the molecule is CC(O)(C(=O)Nc1ncnn2c(-c3cc(F)c(Cl)c(C(=O)N[C@@H]4CN(C(=O)C(C)(O)C(F)(F)F)C[C@@H]4F)c3)cc(C(F)(F)F)c12)C(F)(F)F. The number of anilines is 1. The molecule has 1 aliphatic heterocycles. The lowest BCUT2D eigenvalue weighted by Gasteiger charge is -2.29. The Bertz CT molecular complexity index is 1820. The monoisotopic (exact) mass is 740 g/mol. The van der Waals surface area contributed by atoms with Crippen LogP contribution in [0, 0.1) is 5.82 Å². The molecule has 4 atom stereocenters. The number of aromatic nitrogens is 3. The molecule has 0 aliphatic carbocycles. The largest absolute Gasteiger partial charge is 0.426 e. The summed E-state index contributed by atoms with van der Waals surface area (Å²) in [4.78, 5) is 41.2. The third-order valence-corrected chi connectivity index (χ3v) is 7.86. The Hall–Kier alpha value is -4.31. The van der Waals surface area contributed by atoms with Crippen LogP contribution in [-0.4, -0.2) is 96.3 Å². The summed E-state index contributed by atoms with van der Waals surface area (Å²) in [6.07, 6.45) is -18.1. The molecular weight excluding hydrogens is 721 g/mol. The van der Waals surface area contributed by atoms with E-state index in [9.17, 15) is 72.9 Å². The van der Waals surface area contributed by atoms with E-state index < -0.39 is 117 Å². The molecule has 4 rings (SSSR count). The Balaban J connectivity index is 1.73. The van der Waals surface area contributed by atoms with Gasteiger partial charge in [-0.1, -0.05) is 11.6 Å². The molecule has 3 amide bonds. The lowest BCUT2D eigenvalue weighted by atomic mass is 10.1. The third-order valence-electron chi connectivity index (χ3n) is 7.48. The predicted molar refractivity (Wildman–Crippen MR) is 143 cm³/mol. The van der Waals surface area contributed by atoms with Crippen molar-refractivity contribution < 1.29 is 72.9 Å². The highest BCUT2D eigenvalue weighted by Crippen LogP contribution is 2.41. The van der Waals surface area contributed by atoms with Gasteiger partial charge in [0.25, 0.3) is 17.7 Å². The van der Waals surface area contributed by atoms with Crippen molar-refractivity contribution >= 4 is 40.7 Å². The zero-order valence-electron chi connectivity index (χ0n) is 24.3. The highest BCUT2D eigenvalue weighted by molar-refractivity contribution is 6.34. The number of carbonyl (C=O) groups is 3. The number of fused-ring (bicyclic) bond motifs is 1. The Morgan fingerprint density at radius 3 is 2.08 bits per heavy atom. The number of carbonyl (C=O) groups excluding carboxylic acids is 3. The molecule has 1 aliphatic rings. The highest BCUT2D eigenvalue weighted by atomic mass is 35.5. The second-order valence-electron chi connectivity index (χ2n) is 11.0. The van der Waals surface area contributed by atoms with Gasteiger partial charge < -0.3 is 25.7 Å². The molecule has 2 aromatic heterocycles. The van der Waals surface area contributed by atoms with Gasteiger partial charge in [-0.15, -0.1) is 0 Å². The first-order valence-corrected chi connectivity index (χ1v) is 13.6. The van der Waals surface area contributed by atoms with E-state index in [0.717, 1.165) is 0 Å². The maximum absolute atomic E-state index is 15.0. The van der Waals surface area contributed by atoms with Gasteiger partial charge in [0.15, 0.2) is 5.82 Å². The molecule has 0 saturated carbocycles. The Morgan fingerprint density at radius 1 is 0.939 bits per heavy atom. The normalized spacial score (nSPS) is 19.8. The molecule has 3 aromatic rings. The van der Waals surface area contributed by atoms with Crippen LogP contribution in [0.25, 0.3) is 16.8 Å². The number of benzene rings is 1. The van der Waals surface area contributed by atoms with Gasteiger partial charge in [-0.2, -0.15) is 44.6 Å². The van der Waals surface area contributed by atoms with Crippen LogP contribution in [0.3, 0.4) is 0 Å². The highest BCUT2D eigenvalue weighted by Gasteiger charge is 2.59. The molecule has 11 nitrogen and oxygen atoms in total. The summed E-state index contributed by atoms with van der Waals surface area (Å²) in [6, 6.07) is -0.224. The lowest BCUT2D eigenvalue weighted by Crippen LogP contribution is -2.56. The van der Waals surface area contributed by atoms with Gasteiger partial charge in [0.2, 0.25) is 11.2 Å². The van der Waals surface area contributed by atoms with E-state index in [2.05, 4.69) is 10.1 Å². The average molecular weight is 741 g/mol. The van der Waals surface area contributed by atoms with Gasteiger partial charge in [-0.05, 0) is 32.0 Å². The third kappa shape index (κ3) is 6.80. The standard InChI is InChI=1S/C26H20ClF11N6O5/c1-22(48,25(33,34)35)20(46)42-18-17-11(24(30,31)32)5-15(44(17)40-8-39-18)9-3-10(16(27)12(28)4-9)19(45)41-14-7-43(6-13(14)29)21(47)23(2,49)26(36,37)38/h3-5,8,13-14,48-49H,6-7H2,1-2H3,(H,41,45)(H,39,40,42,46)/t13-,14+,22?,23?/m0/s1. The van der Waals surface area contributed by atoms with E-state index in [4.69, 9.17) is 11.6 Å². The number of hydrogen-bond acceptors (Lipinski definition) is 7. The van der Waals surface area contributed by atoms with E-state index in [1.807, 2.05) is 5.32 Å². The van der Waals surface area contributed by atoms with Crippen LogP contribution in [0.2, 0.25) is 5.02 Å². The number of hydrogen-bond donors (Lipinski definition) is 4. The molecule has 1 saturated heterocycles. The molecule has 0 radical (unpaired) electrons. The minimum Gasteiger partial charge on any atom is -0.373 e. The number of aliphatic hydroxyl groups is 2. The fraction of sp³-hybridized carbons (Fsp3) is 0.423. The van der Waals surface area contributed by atoms with Crippen molar-refractivity contribution in [3.8, 4) is 11.3 Å². The molecular formula is C26H20ClF11N6O5. The number of likely N-dealkylation sites (tertiary alicyclic amines) is 1. The number of halogens is 12. The van der Waals surface area contributed by atoms with E-state index in [-0.39, 0.29) is 18.7 Å². The van der Waals surface area contributed by atoms with Crippen LogP contribution >= 0.6 is 11.6 Å². The zero-order valence-corrected chi connectivity index (χ0v) is 25.1. The molecule has 1 aromatic carbocycles. The van der Waals surface area contributed by atoms with Crippen molar-refractivity contribution in [2.45, 2.75) is 55.8 Å². The van der Waals surface area contributed by atoms with Crippen LogP contribution < -0.4 is 10.6 Å². The Kier molecular flexibility index (Phi) is 9.36. The fourth-order valence-corrected chi connectivity index (χ4v) is 4.75. The van der Waals surface area contributed by atoms with Crippen LogP contribution in [0.15, 0.2) is 24.5 Å². The molecule has 3 heterocycles. The van der Waals surface area contributed by atoms with E-state index in [1.54, 1.807) is 0 Å². The maximum atomic E-state index is 15.0. The number of nitrogens with one attached hydrogen (secondary N) is 2. The van der Waals surface area contributed by atoms with Gasteiger partial charge >= 0.3 is 18.5 Å². The van der Waals surface area contributed by atoms with Crippen molar-refractivity contribution in [2.75, 3.05) is 18.4 Å². The number of alkyl halides is 10. The van der Waals surface area contributed by atoms with Crippen LogP contribution in [-0.2, 0) is 15.8 Å². The smallest absolute Gasteiger partial charge is 0.373 e. The first-order chi connectivity index (χ1) is 22.2. The summed E-state index contributed by atoms with van der Waals surface area (Å²) in [5.74, 6) is -8.20. The topological polar surface area (TPSA) is 149 Å². The number of nitrogens with zero attached hydrogens (tertiary/aromatic N) is 4. The summed E-state index contributed by atoms with van der Waals surface area (Å²) in [5.41, 5.74) is -13.0. The molecule has 1 fully saturated rings. The first kappa shape index (κ1) is 37.5. The summed E-state index contributed by atoms with van der Waals surface area (Å²) in [5, 5.41) is 25.3. The van der Waals surface area contributed by atoms with E-state index >= 15 is 0 Å². The first-order valence-electron chi connectivity index (χ1n) is 13.3. The molecule has 49 heavy (non-hydrogen) atoms. The van der Waals surface area contributed by atoms with Crippen molar-refractivity contribution in [1.82, 2.24) is 24.8 Å². The molecule has 0 bridgehead atoms. The maximum Gasteiger partial charge on any atom is 0.426 e. The van der Waals surface area contributed by atoms with Crippen molar-refractivity contribution in [1.29, 1.82) is 0 Å². The summed E-state index contributed by atoms with van der Waals surface area (Å²) in [6.45, 7) is -1.75. The fourth-order valence-electron chi connectivity index (χ4n) is 4.56. The van der Waals surface area contributed by atoms with Gasteiger partial charge in [0, 0.05) is 12.1 Å².